The fourth-order valence-electron chi connectivity index (χ4n) is 5.68. The first-order valence-electron chi connectivity index (χ1n) is 12.9. The third kappa shape index (κ3) is 4.85. The van der Waals surface area contributed by atoms with Gasteiger partial charge in [0.25, 0.3) is 0 Å². The Balaban J connectivity index is 1.36. The van der Waals surface area contributed by atoms with Crippen molar-refractivity contribution in [3.63, 3.8) is 0 Å². The lowest BCUT2D eigenvalue weighted by Crippen LogP contribution is -2.34. The summed E-state index contributed by atoms with van der Waals surface area (Å²) in [5.74, 6) is -0.800. The van der Waals surface area contributed by atoms with Crippen molar-refractivity contribution < 1.29 is 9.90 Å². The minimum atomic E-state index is -0.800. The number of nitrogens with one attached hydrogen (secondary N) is 1. The van der Waals surface area contributed by atoms with Crippen molar-refractivity contribution in [2.24, 2.45) is 0 Å². The largest absolute Gasteiger partial charge is 0.480 e. The molecule has 2 aliphatic heterocycles. The second-order valence-corrected chi connectivity index (χ2v) is 10.8. The highest BCUT2D eigenvalue weighted by Crippen LogP contribution is 2.43. The van der Waals surface area contributed by atoms with Gasteiger partial charge in [-0.15, -0.1) is 0 Å². The second kappa shape index (κ2) is 10.5. The van der Waals surface area contributed by atoms with E-state index in [2.05, 4.69) is 47.8 Å². The van der Waals surface area contributed by atoms with Crippen LogP contribution in [0.15, 0.2) is 72.8 Å². The predicted molar refractivity (Wildman–Crippen MR) is 155 cm³/mol. The second-order valence-electron chi connectivity index (χ2n) is 10.1. The van der Waals surface area contributed by atoms with Crippen LogP contribution in [0.1, 0.15) is 22.3 Å². The molecule has 2 heterocycles. The van der Waals surface area contributed by atoms with E-state index < -0.39 is 5.97 Å². The molecule has 4 aromatic rings. The Morgan fingerprint density at radius 1 is 0.763 bits per heavy atom. The summed E-state index contributed by atoms with van der Waals surface area (Å²) in [7, 11) is 0. The highest BCUT2D eigenvalue weighted by Gasteiger charge is 2.20. The molecule has 0 fully saturated rings. The van der Waals surface area contributed by atoms with Crippen LogP contribution in [0.2, 0.25) is 10.0 Å². The molecule has 0 saturated heterocycles. The van der Waals surface area contributed by atoms with Gasteiger partial charge in [0.2, 0.25) is 0 Å². The molecule has 192 valence electrons. The third-order valence-corrected chi connectivity index (χ3v) is 8.47. The molecule has 0 aromatic heterocycles. The number of nitrogens with zero attached hydrogens (tertiary/aromatic N) is 1. The number of aliphatic carboxylic acids is 1. The first-order valence-corrected chi connectivity index (χ1v) is 13.7. The normalized spacial score (nSPS) is 15.1. The van der Waals surface area contributed by atoms with Crippen LogP contribution in [0.4, 0.5) is 0 Å². The van der Waals surface area contributed by atoms with Gasteiger partial charge >= 0.3 is 5.97 Å². The van der Waals surface area contributed by atoms with Gasteiger partial charge in [0.05, 0.1) is 16.6 Å². The number of halogens is 2. The van der Waals surface area contributed by atoms with Gasteiger partial charge in [-0.1, -0.05) is 83.9 Å². The van der Waals surface area contributed by atoms with Crippen LogP contribution >= 0.6 is 23.2 Å². The monoisotopic (exact) mass is 542 g/mol. The molecule has 0 spiro atoms. The summed E-state index contributed by atoms with van der Waals surface area (Å²) in [6.45, 7) is 3.32. The van der Waals surface area contributed by atoms with Gasteiger partial charge in [0, 0.05) is 41.9 Å². The summed E-state index contributed by atoms with van der Waals surface area (Å²) < 4.78 is 0. The smallest absolute Gasteiger partial charge is 0.317 e. The van der Waals surface area contributed by atoms with Crippen LogP contribution in [-0.2, 0) is 30.7 Å². The van der Waals surface area contributed by atoms with Crippen molar-refractivity contribution in [2.45, 2.75) is 25.9 Å². The number of carbonyl (C=O) groups is 1. The van der Waals surface area contributed by atoms with Crippen molar-refractivity contribution in [3.8, 4) is 33.4 Å². The van der Waals surface area contributed by atoms with Gasteiger partial charge in [0.1, 0.15) is 0 Å². The van der Waals surface area contributed by atoms with Crippen LogP contribution in [0.5, 0.6) is 0 Å². The van der Waals surface area contributed by atoms with Gasteiger partial charge in [-0.3, -0.25) is 9.69 Å². The van der Waals surface area contributed by atoms with Crippen molar-refractivity contribution in [1.29, 1.82) is 0 Å². The predicted octanol–water partition coefficient (Wildman–Crippen LogP) is 7.08. The number of carboxylic acid groups (broad SMARTS) is 1. The van der Waals surface area contributed by atoms with Gasteiger partial charge in [-0.2, -0.15) is 0 Å². The lowest BCUT2D eigenvalue weighted by atomic mass is 9.91. The van der Waals surface area contributed by atoms with Crippen LogP contribution in [0.25, 0.3) is 33.4 Å². The summed E-state index contributed by atoms with van der Waals surface area (Å²) in [6, 6.07) is 25.2. The van der Waals surface area contributed by atoms with Crippen molar-refractivity contribution in [2.75, 3.05) is 19.6 Å². The highest BCUT2D eigenvalue weighted by atomic mass is 35.5. The molecular weight excluding hydrogens is 515 g/mol. The number of fused-ring (bicyclic) bond motifs is 2. The first kappa shape index (κ1) is 25.1. The zero-order valence-electron chi connectivity index (χ0n) is 20.9. The lowest BCUT2D eigenvalue weighted by Gasteiger charge is -2.27. The first-order chi connectivity index (χ1) is 18.5. The van der Waals surface area contributed by atoms with E-state index in [-0.39, 0.29) is 6.54 Å². The lowest BCUT2D eigenvalue weighted by molar-refractivity contribution is -0.138. The average molecular weight is 543 g/mol. The van der Waals surface area contributed by atoms with Gasteiger partial charge in [0.15, 0.2) is 0 Å². The summed E-state index contributed by atoms with van der Waals surface area (Å²) in [5, 5.41) is 14.0. The molecule has 0 saturated carbocycles. The molecule has 6 heteroatoms. The Morgan fingerprint density at radius 3 is 1.97 bits per heavy atom. The maximum atomic E-state index is 11.2. The van der Waals surface area contributed by atoms with E-state index in [0.717, 1.165) is 71.4 Å². The van der Waals surface area contributed by atoms with Crippen LogP contribution in [0, 0.1) is 0 Å². The van der Waals surface area contributed by atoms with E-state index in [0.29, 0.717) is 16.6 Å². The zero-order valence-corrected chi connectivity index (χ0v) is 22.4. The van der Waals surface area contributed by atoms with E-state index >= 15 is 0 Å². The number of benzene rings is 4. The van der Waals surface area contributed by atoms with Crippen molar-refractivity contribution in [1.82, 2.24) is 10.2 Å². The molecule has 0 unspecified atom stereocenters. The molecule has 4 aromatic carbocycles. The standard InChI is InChI=1S/C32H28Cl2N2O2/c33-31-26(22-9-7-20-11-13-35-17-24(20)15-22)3-1-5-28(31)29-6-2-4-27(32(29)34)23-10-8-21-12-14-36(19-30(37)38)18-25(21)16-23/h1-10,15-16,35H,11-14,17-19H2,(H,37,38). The Kier molecular flexibility index (Phi) is 6.98. The fourth-order valence-corrected chi connectivity index (χ4v) is 6.36. The topological polar surface area (TPSA) is 52.6 Å². The quantitative estimate of drug-likeness (QED) is 0.283. The highest BCUT2D eigenvalue weighted by molar-refractivity contribution is 6.39. The zero-order chi connectivity index (χ0) is 26.2. The molecule has 0 amide bonds. The SMILES string of the molecule is O=C(O)CN1CCc2ccc(-c3cccc(-c4cccc(-c5ccc6c(c5)CNCC6)c4Cl)c3Cl)cc2C1. The van der Waals surface area contributed by atoms with E-state index in [4.69, 9.17) is 23.2 Å². The molecule has 0 bridgehead atoms. The Morgan fingerprint density at radius 2 is 1.34 bits per heavy atom. The minimum absolute atomic E-state index is 0.0511. The van der Waals surface area contributed by atoms with Crippen LogP contribution < -0.4 is 5.32 Å². The molecule has 0 radical (unpaired) electrons. The van der Waals surface area contributed by atoms with Crippen molar-refractivity contribution in [3.05, 3.63) is 105 Å². The summed E-state index contributed by atoms with van der Waals surface area (Å²) in [6.07, 6.45) is 1.89. The van der Waals surface area contributed by atoms with E-state index in [1.165, 1.54) is 16.7 Å². The molecule has 2 aliphatic rings. The average Bonchev–Trinajstić information content (AvgIpc) is 2.92. The van der Waals surface area contributed by atoms with Crippen LogP contribution in [-0.4, -0.2) is 35.6 Å². The Hall–Kier alpha value is -3.15. The maximum Gasteiger partial charge on any atom is 0.317 e. The molecule has 6 rings (SSSR count). The van der Waals surface area contributed by atoms with Gasteiger partial charge in [-0.25, -0.2) is 0 Å². The number of hydrogen-bond donors (Lipinski definition) is 2. The third-order valence-electron chi connectivity index (χ3n) is 7.66. The molecule has 0 atom stereocenters. The minimum Gasteiger partial charge on any atom is -0.480 e. The number of hydrogen-bond acceptors (Lipinski definition) is 3. The number of carboxylic acids is 1. The fraction of sp³-hybridized carbons (Fsp3) is 0.219. The van der Waals surface area contributed by atoms with E-state index in [1.807, 2.05) is 35.2 Å². The Labute approximate surface area is 232 Å². The Bertz CT molecular complexity index is 1550. The summed E-state index contributed by atoms with van der Waals surface area (Å²) in [4.78, 5) is 13.2. The van der Waals surface area contributed by atoms with E-state index in [1.54, 1.807) is 0 Å². The van der Waals surface area contributed by atoms with E-state index in [9.17, 15) is 9.90 Å². The van der Waals surface area contributed by atoms with Crippen LogP contribution in [0.3, 0.4) is 0 Å². The molecule has 38 heavy (non-hydrogen) atoms. The summed E-state index contributed by atoms with van der Waals surface area (Å²) in [5.41, 5.74) is 11.0. The van der Waals surface area contributed by atoms with Gasteiger partial charge < -0.3 is 10.4 Å². The molecule has 2 N–H and O–H groups in total. The molecule has 0 aliphatic carbocycles. The summed E-state index contributed by atoms with van der Waals surface area (Å²) >= 11 is 14.1. The molecule has 4 nitrogen and oxygen atoms in total. The number of rotatable bonds is 5. The maximum absolute atomic E-state index is 11.2. The molecular formula is C32H28Cl2N2O2. The van der Waals surface area contributed by atoms with Crippen molar-refractivity contribution >= 4 is 29.2 Å². The van der Waals surface area contributed by atoms with Gasteiger partial charge in [-0.05, 0) is 64.9 Å².